The number of rotatable bonds is 3. The Labute approximate surface area is 124 Å². The van der Waals surface area contributed by atoms with Crippen molar-refractivity contribution in [3.05, 3.63) is 6.20 Å². The average Bonchev–Trinajstić information content (AvgIpc) is 3.03. The SMILES string of the molecule is CC[C@@H]1C(=O)N(C)c2cnc(NN)nc2N1C1CCCC1. The number of nitrogens with zero attached hydrogens (tertiary/aromatic N) is 4. The second-order valence-electron chi connectivity index (χ2n) is 5.71. The molecule has 2 aliphatic rings. The first kappa shape index (κ1) is 14.1. The Morgan fingerprint density at radius 1 is 1.43 bits per heavy atom. The third kappa shape index (κ3) is 2.21. The summed E-state index contributed by atoms with van der Waals surface area (Å²) in [4.78, 5) is 25.2. The van der Waals surface area contributed by atoms with Gasteiger partial charge in [-0.05, 0) is 19.3 Å². The minimum absolute atomic E-state index is 0.119. The van der Waals surface area contributed by atoms with Gasteiger partial charge in [-0.2, -0.15) is 4.98 Å². The van der Waals surface area contributed by atoms with Crippen LogP contribution in [0.15, 0.2) is 6.20 Å². The van der Waals surface area contributed by atoms with Crippen LogP contribution >= 0.6 is 0 Å². The van der Waals surface area contributed by atoms with Crippen LogP contribution in [0.25, 0.3) is 0 Å². The summed E-state index contributed by atoms with van der Waals surface area (Å²) in [5, 5.41) is 0. The smallest absolute Gasteiger partial charge is 0.249 e. The van der Waals surface area contributed by atoms with Crippen molar-refractivity contribution in [3.63, 3.8) is 0 Å². The van der Waals surface area contributed by atoms with Crippen molar-refractivity contribution in [2.24, 2.45) is 5.84 Å². The highest BCUT2D eigenvalue weighted by atomic mass is 16.2. The van der Waals surface area contributed by atoms with Crippen molar-refractivity contribution < 1.29 is 4.79 Å². The van der Waals surface area contributed by atoms with Crippen LogP contribution in [0.1, 0.15) is 39.0 Å². The molecule has 2 heterocycles. The molecule has 1 amide bonds. The standard InChI is InChI=1S/C14H22N6O/c1-3-10-13(21)19(2)11-8-16-14(18-15)17-12(11)20(10)9-6-4-5-7-9/h8-10H,3-7,15H2,1-2H3,(H,16,17,18)/t10-/m1/s1. The van der Waals surface area contributed by atoms with Crippen LogP contribution in [0.4, 0.5) is 17.5 Å². The normalized spacial score (nSPS) is 22.6. The molecule has 114 valence electrons. The van der Waals surface area contributed by atoms with Crippen LogP contribution in [-0.2, 0) is 4.79 Å². The Morgan fingerprint density at radius 2 is 2.14 bits per heavy atom. The summed E-state index contributed by atoms with van der Waals surface area (Å²) in [6.07, 6.45) is 7.09. The number of aromatic nitrogens is 2. The number of nitrogens with two attached hydrogens (primary N) is 1. The van der Waals surface area contributed by atoms with Gasteiger partial charge in [0.05, 0.1) is 6.20 Å². The highest BCUT2D eigenvalue weighted by Crippen LogP contribution is 2.39. The number of carbonyl (C=O) groups excluding carboxylic acids is 1. The van der Waals surface area contributed by atoms with Crippen LogP contribution in [0.3, 0.4) is 0 Å². The number of fused-ring (bicyclic) bond motifs is 1. The van der Waals surface area contributed by atoms with Crippen molar-refractivity contribution >= 4 is 23.4 Å². The zero-order valence-corrected chi connectivity index (χ0v) is 12.5. The molecule has 0 aromatic carbocycles. The summed E-state index contributed by atoms with van der Waals surface area (Å²) < 4.78 is 0. The van der Waals surface area contributed by atoms with Gasteiger partial charge in [-0.15, -0.1) is 0 Å². The van der Waals surface area contributed by atoms with Crippen LogP contribution in [0.2, 0.25) is 0 Å². The summed E-state index contributed by atoms with van der Waals surface area (Å²) in [7, 11) is 1.79. The molecule has 21 heavy (non-hydrogen) atoms. The first-order valence-corrected chi connectivity index (χ1v) is 7.57. The van der Waals surface area contributed by atoms with Crippen LogP contribution < -0.4 is 21.1 Å². The number of hydrazine groups is 1. The third-order valence-corrected chi connectivity index (χ3v) is 4.54. The molecule has 3 N–H and O–H groups in total. The number of carbonyl (C=O) groups is 1. The molecule has 0 saturated heterocycles. The molecule has 3 rings (SSSR count). The van der Waals surface area contributed by atoms with E-state index in [-0.39, 0.29) is 11.9 Å². The number of anilines is 3. The minimum Gasteiger partial charge on any atom is -0.340 e. The minimum atomic E-state index is -0.147. The lowest BCUT2D eigenvalue weighted by atomic mass is 10.0. The van der Waals surface area contributed by atoms with Gasteiger partial charge in [0, 0.05) is 13.1 Å². The van der Waals surface area contributed by atoms with Gasteiger partial charge in [-0.1, -0.05) is 19.8 Å². The largest absolute Gasteiger partial charge is 0.340 e. The van der Waals surface area contributed by atoms with E-state index in [4.69, 9.17) is 5.84 Å². The van der Waals surface area contributed by atoms with Crippen LogP contribution in [-0.4, -0.2) is 35.0 Å². The zero-order valence-electron chi connectivity index (χ0n) is 12.5. The number of hydrogen-bond acceptors (Lipinski definition) is 6. The fraction of sp³-hybridized carbons (Fsp3) is 0.643. The molecule has 7 heteroatoms. The Morgan fingerprint density at radius 3 is 2.76 bits per heavy atom. The molecule has 1 aromatic rings. The number of amides is 1. The van der Waals surface area contributed by atoms with E-state index in [1.807, 2.05) is 6.92 Å². The predicted octanol–water partition coefficient (Wildman–Crippen LogP) is 1.27. The highest BCUT2D eigenvalue weighted by molar-refractivity contribution is 6.04. The summed E-state index contributed by atoms with van der Waals surface area (Å²) >= 11 is 0. The predicted molar refractivity (Wildman–Crippen MR) is 82.1 cm³/mol. The molecule has 7 nitrogen and oxygen atoms in total. The lowest BCUT2D eigenvalue weighted by molar-refractivity contribution is -0.120. The van der Waals surface area contributed by atoms with Gasteiger partial charge in [0.2, 0.25) is 11.9 Å². The van der Waals surface area contributed by atoms with E-state index in [1.165, 1.54) is 12.8 Å². The van der Waals surface area contributed by atoms with E-state index in [0.29, 0.717) is 12.0 Å². The third-order valence-electron chi connectivity index (χ3n) is 4.54. The Balaban J connectivity index is 2.10. The molecule has 1 saturated carbocycles. The summed E-state index contributed by atoms with van der Waals surface area (Å²) in [6.45, 7) is 2.05. The van der Waals surface area contributed by atoms with Crippen molar-refractivity contribution in [2.75, 3.05) is 22.3 Å². The number of nitrogen functional groups attached to an aromatic ring is 1. The molecule has 0 spiro atoms. The maximum atomic E-state index is 12.6. The van der Waals surface area contributed by atoms with Gasteiger partial charge in [0.1, 0.15) is 11.7 Å². The molecule has 1 aliphatic carbocycles. The number of hydrogen-bond donors (Lipinski definition) is 2. The topological polar surface area (TPSA) is 87.4 Å². The molecule has 0 bridgehead atoms. The Hall–Kier alpha value is -1.89. The van der Waals surface area contributed by atoms with E-state index >= 15 is 0 Å². The zero-order chi connectivity index (χ0) is 15.0. The fourth-order valence-electron chi connectivity index (χ4n) is 3.45. The van der Waals surface area contributed by atoms with Crippen molar-refractivity contribution in [2.45, 2.75) is 51.1 Å². The first-order valence-electron chi connectivity index (χ1n) is 7.57. The molecule has 1 fully saturated rings. The average molecular weight is 290 g/mol. The van der Waals surface area contributed by atoms with Gasteiger partial charge >= 0.3 is 0 Å². The number of nitrogens with one attached hydrogen (secondary N) is 1. The molecule has 1 aromatic heterocycles. The first-order chi connectivity index (χ1) is 10.2. The summed E-state index contributed by atoms with van der Waals surface area (Å²) in [5.74, 6) is 6.76. The van der Waals surface area contributed by atoms with Crippen molar-refractivity contribution in [1.82, 2.24) is 9.97 Å². The van der Waals surface area contributed by atoms with Gasteiger partial charge < -0.3 is 9.80 Å². The van der Waals surface area contributed by atoms with Gasteiger partial charge in [0.15, 0.2) is 5.82 Å². The molecular formula is C14H22N6O. The monoisotopic (exact) mass is 290 g/mol. The second kappa shape index (κ2) is 5.48. The van der Waals surface area contributed by atoms with Gasteiger partial charge in [0.25, 0.3) is 0 Å². The second-order valence-corrected chi connectivity index (χ2v) is 5.71. The van der Waals surface area contributed by atoms with Crippen molar-refractivity contribution in [3.8, 4) is 0 Å². The molecule has 0 radical (unpaired) electrons. The van der Waals surface area contributed by atoms with E-state index in [1.54, 1.807) is 18.1 Å². The van der Waals surface area contributed by atoms with Gasteiger partial charge in [-0.3, -0.25) is 10.2 Å². The molecular weight excluding hydrogens is 268 g/mol. The Bertz CT molecular complexity index is 542. The highest BCUT2D eigenvalue weighted by Gasteiger charge is 2.41. The van der Waals surface area contributed by atoms with E-state index < -0.39 is 0 Å². The lowest BCUT2D eigenvalue weighted by Crippen LogP contribution is -2.55. The maximum absolute atomic E-state index is 12.6. The quantitative estimate of drug-likeness (QED) is 0.644. The summed E-state index contributed by atoms with van der Waals surface area (Å²) in [5.41, 5.74) is 3.25. The molecule has 0 unspecified atom stereocenters. The Kier molecular flexibility index (Phi) is 3.67. The van der Waals surface area contributed by atoms with E-state index in [2.05, 4.69) is 20.3 Å². The van der Waals surface area contributed by atoms with E-state index in [9.17, 15) is 4.79 Å². The van der Waals surface area contributed by atoms with Gasteiger partial charge in [-0.25, -0.2) is 10.8 Å². The van der Waals surface area contributed by atoms with Crippen LogP contribution in [0.5, 0.6) is 0 Å². The number of likely N-dealkylation sites (N-methyl/N-ethyl adjacent to an activating group) is 1. The van der Waals surface area contributed by atoms with Crippen LogP contribution in [0, 0.1) is 0 Å². The summed E-state index contributed by atoms with van der Waals surface area (Å²) in [6, 6.07) is 0.234. The van der Waals surface area contributed by atoms with E-state index in [0.717, 1.165) is 30.8 Å². The fourth-order valence-corrected chi connectivity index (χ4v) is 3.45. The maximum Gasteiger partial charge on any atom is 0.249 e. The molecule has 1 atom stereocenters. The van der Waals surface area contributed by atoms with Crippen molar-refractivity contribution in [1.29, 1.82) is 0 Å². The lowest BCUT2D eigenvalue weighted by Gasteiger charge is -2.43. The molecule has 1 aliphatic heterocycles.